The van der Waals surface area contributed by atoms with Gasteiger partial charge in [-0.05, 0) is 42.0 Å². The smallest absolute Gasteiger partial charge is 0.258 e. The van der Waals surface area contributed by atoms with E-state index in [0.717, 1.165) is 0 Å². The first-order valence-electron chi connectivity index (χ1n) is 8.70. The van der Waals surface area contributed by atoms with E-state index in [1.165, 1.54) is 4.90 Å². The van der Waals surface area contributed by atoms with Crippen molar-refractivity contribution in [1.82, 2.24) is 0 Å². The number of methoxy groups -OCH3 is 1. The zero-order valence-corrected chi connectivity index (χ0v) is 16.5. The third kappa shape index (κ3) is 4.23. The maximum atomic E-state index is 12.8. The maximum Gasteiger partial charge on any atom is 0.258 e. The molecule has 3 aromatic rings. The van der Waals surface area contributed by atoms with E-state index in [9.17, 15) is 13.2 Å². The Morgan fingerprint density at radius 2 is 1.50 bits per heavy atom. The summed E-state index contributed by atoms with van der Waals surface area (Å²) in [4.78, 5) is 14.6. The summed E-state index contributed by atoms with van der Waals surface area (Å²) < 4.78 is 30.3. The molecule has 28 heavy (non-hydrogen) atoms. The quantitative estimate of drug-likeness (QED) is 0.634. The van der Waals surface area contributed by atoms with Gasteiger partial charge in [0, 0.05) is 12.6 Å². The number of carbonyl (C=O) groups excluding carboxylic acids is 1. The molecule has 5 nitrogen and oxygen atoms in total. The predicted molar refractivity (Wildman–Crippen MR) is 110 cm³/mol. The van der Waals surface area contributed by atoms with Crippen molar-refractivity contribution in [2.45, 2.75) is 10.6 Å². The summed E-state index contributed by atoms with van der Waals surface area (Å²) in [6.07, 6.45) is 0. The van der Waals surface area contributed by atoms with Crippen molar-refractivity contribution in [3.63, 3.8) is 0 Å². The molecule has 0 unspecified atom stereocenters. The normalized spacial score (nSPS) is 11.1. The van der Waals surface area contributed by atoms with Crippen LogP contribution in [0.2, 0.25) is 0 Å². The highest BCUT2D eigenvalue weighted by molar-refractivity contribution is 7.90. The van der Waals surface area contributed by atoms with Gasteiger partial charge >= 0.3 is 0 Å². The molecule has 6 heteroatoms. The molecular formula is C22H21NO4S. The Morgan fingerprint density at radius 1 is 0.893 bits per heavy atom. The van der Waals surface area contributed by atoms with Crippen molar-refractivity contribution in [2.75, 3.05) is 19.1 Å². The fraction of sp³-hybridized carbons (Fsp3) is 0.136. The average Bonchev–Trinajstić information content (AvgIpc) is 2.73. The van der Waals surface area contributed by atoms with Gasteiger partial charge in [-0.2, -0.15) is 0 Å². The lowest BCUT2D eigenvalue weighted by Gasteiger charge is -2.20. The number of ether oxygens (including phenoxy) is 1. The zero-order chi connectivity index (χ0) is 20.1. The third-order valence-electron chi connectivity index (χ3n) is 4.41. The number of hydrogen-bond donors (Lipinski definition) is 0. The summed E-state index contributed by atoms with van der Waals surface area (Å²) >= 11 is 0. The van der Waals surface area contributed by atoms with Crippen molar-refractivity contribution >= 4 is 21.4 Å². The Hall–Kier alpha value is -3.12. The second-order valence-corrected chi connectivity index (χ2v) is 8.29. The van der Waals surface area contributed by atoms with E-state index in [0.29, 0.717) is 22.6 Å². The van der Waals surface area contributed by atoms with Gasteiger partial charge in [-0.15, -0.1) is 0 Å². The number of carbonyl (C=O) groups is 1. The van der Waals surface area contributed by atoms with Gasteiger partial charge in [0.05, 0.1) is 23.4 Å². The Bertz CT molecular complexity index is 1060. The first kappa shape index (κ1) is 19.6. The second kappa shape index (κ2) is 8.27. The van der Waals surface area contributed by atoms with Crippen LogP contribution in [0, 0.1) is 0 Å². The van der Waals surface area contributed by atoms with Crippen LogP contribution in [0.3, 0.4) is 0 Å². The Balaban J connectivity index is 1.78. The van der Waals surface area contributed by atoms with E-state index < -0.39 is 9.84 Å². The minimum absolute atomic E-state index is 0.117. The molecule has 0 saturated carbocycles. The molecule has 0 bridgehead atoms. The summed E-state index contributed by atoms with van der Waals surface area (Å²) in [5.41, 5.74) is 1.75. The van der Waals surface area contributed by atoms with Crippen LogP contribution in [0.4, 0.5) is 5.69 Å². The minimum Gasteiger partial charge on any atom is -0.495 e. The monoisotopic (exact) mass is 395 g/mol. The lowest BCUT2D eigenvalue weighted by Crippen LogP contribution is -2.26. The van der Waals surface area contributed by atoms with Gasteiger partial charge in [-0.25, -0.2) is 8.42 Å². The summed E-state index contributed by atoms with van der Waals surface area (Å²) in [7, 11) is -0.197. The molecule has 0 heterocycles. The molecule has 1 amide bonds. The van der Waals surface area contributed by atoms with Gasteiger partial charge in [0.15, 0.2) is 9.84 Å². The van der Waals surface area contributed by atoms with Crippen LogP contribution in [0.1, 0.15) is 15.9 Å². The van der Waals surface area contributed by atoms with E-state index in [4.69, 9.17) is 4.74 Å². The number of nitrogens with zero attached hydrogens (tertiary/aromatic N) is 1. The number of amides is 1. The summed E-state index contributed by atoms with van der Waals surface area (Å²) in [5.74, 6) is 0.277. The van der Waals surface area contributed by atoms with Crippen molar-refractivity contribution in [3.8, 4) is 5.75 Å². The molecule has 0 saturated heterocycles. The van der Waals surface area contributed by atoms with Crippen molar-refractivity contribution in [2.24, 2.45) is 0 Å². The predicted octanol–water partition coefficient (Wildman–Crippen LogP) is 3.95. The highest BCUT2D eigenvalue weighted by atomic mass is 32.2. The number of sulfone groups is 1. The molecule has 0 aliphatic carbocycles. The number of hydrogen-bond acceptors (Lipinski definition) is 4. The Labute approximate surface area is 165 Å². The molecule has 0 spiro atoms. The van der Waals surface area contributed by atoms with Crippen molar-refractivity contribution in [1.29, 1.82) is 0 Å². The first-order chi connectivity index (χ1) is 13.4. The molecule has 0 aromatic heterocycles. The van der Waals surface area contributed by atoms with Crippen molar-refractivity contribution < 1.29 is 17.9 Å². The van der Waals surface area contributed by atoms with Crippen LogP contribution in [-0.4, -0.2) is 28.5 Å². The van der Waals surface area contributed by atoms with Crippen LogP contribution in [0.25, 0.3) is 0 Å². The minimum atomic E-state index is -3.43. The molecular weight excluding hydrogens is 374 g/mol. The molecule has 3 rings (SSSR count). The van der Waals surface area contributed by atoms with Crippen LogP contribution in [-0.2, 0) is 15.6 Å². The zero-order valence-electron chi connectivity index (χ0n) is 15.7. The molecule has 0 aliphatic rings. The van der Waals surface area contributed by atoms with Gasteiger partial charge in [0.25, 0.3) is 5.91 Å². The second-order valence-electron chi connectivity index (χ2n) is 6.31. The lowest BCUT2D eigenvalue weighted by atomic mass is 10.1. The summed E-state index contributed by atoms with van der Waals surface area (Å²) in [5, 5.41) is 0. The summed E-state index contributed by atoms with van der Waals surface area (Å²) in [6, 6.07) is 22.2. The van der Waals surface area contributed by atoms with E-state index in [-0.39, 0.29) is 16.6 Å². The van der Waals surface area contributed by atoms with Gasteiger partial charge < -0.3 is 9.64 Å². The van der Waals surface area contributed by atoms with Crippen LogP contribution < -0.4 is 9.64 Å². The fourth-order valence-corrected chi connectivity index (χ4v) is 4.25. The average molecular weight is 395 g/mol. The standard InChI is InChI=1S/C22H21NO4S/c1-23(20-10-6-7-11-21(20)27-2)22(24)18-14-12-17(13-15-18)16-28(25,26)19-8-4-3-5-9-19/h3-15H,16H2,1-2H3. The Kier molecular flexibility index (Phi) is 5.80. The molecule has 3 aromatic carbocycles. The topological polar surface area (TPSA) is 63.7 Å². The van der Waals surface area contributed by atoms with Gasteiger partial charge in [0.2, 0.25) is 0 Å². The lowest BCUT2D eigenvalue weighted by molar-refractivity contribution is 0.0992. The van der Waals surface area contributed by atoms with Gasteiger partial charge in [-0.3, -0.25) is 4.79 Å². The summed E-state index contributed by atoms with van der Waals surface area (Å²) in [6.45, 7) is 0. The first-order valence-corrected chi connectivity index (χ1v) is 10.4. The molecule has 0 N–H and O–H groups in total. The molecule has 144 valence electrons. The number of para-hydroxylation sites is 2. The SMILES string of the molecule is COc1ccccc1N(C)C(=O)c1ccc(CS(=O)(=O)c2ccccc2)cc1. The molecule has 0 aliphatic heterocycles. The van der Waals surface area contributed by atoms with Crippen molar-refractivity contribution in [3.05, 3.63) is 90.0 Å². The molecule has 0 radical (unpaired) electrons. The number of rotatable bonds is 6. The van der Waals surface area contributed by atoms with Gasteiger partial charge in [-0.1, -0.05) is 42.5 Å². The van der Waals surface area contributed by atoms with E-state index >= 15 is 0 Å². The Morgan fingerprint density at radius 3 is 2.14 bits per heavy atom. The number of benzene rings is 3. The third-order valence-corrected chi connectivity index (χ3v) is 6.11. The van der Waals surface area contributed by atoms with Gasteiger partial charge in [0.1, 0.15) is 5.75 Å². The van der Waals surface area contributed by atoms with E-state index in [1.807, 2.05) is 12.1 Å². The largest absolute Gasteiger partial charge is 0.495 e. The molecule has 0 fully saturated rings. The highest BCUT2D eigenvalue weighted by Gasteiger charge is 2.18. The molecule has 0 atom stereocenters. The van der Waals surface area contributed by atoms with E-state index in [2.05, 4.69) is 0 Å². The highest BCUT2D eigenvalue weighted by Crippen LogP contribution is 2.28. The van der Waals surface area contributed by atoms with Crippen LogP contribution in [0.5, 0.6) is 5.75 Å². The van der Waals surface area contributed by atoms with E-state index in [1.54, 1.807) is 80.9 Å². The van der Waals surface area contributed by atoms with Crippen LogP contribution in [0.15, 0.2) is 83.8 Å². The van der Waals surface area contributed by atoms with Crippen LogP contribution >= 0.6 is 0 Å². The number of anilines is 1. The maximum absolute atomic E-state index is 12.8. The fourth-order valence-electron chi connectivity index (χ4n) is 2.88.